The van der Waals surface area contributed by atoms with Gasteiger partial charge in [0.2, 0.25) is 11.9 Å². The second kappa shape index (κ2) is 8.69. The van der Waals surface area contributed by atoms with Crippen LogP contribution in [0.15, 0.2) is 30.9 Å². The Kier molecular flexibility index (Phi) is 6.09. The van der Waals surface area contributed by atoms with Gasteiger partial charge in [-0.1, -0.05) is 13.8 Å². The van der Waals surface area contributed by atoms with Crippen molar-refractivity contribution in [3.05, 3.63) is 36.5 Å². The average Bonchev–Trinajstić information content (AvgIpc) is 2.63. The van der Waals surface area contributed by atoms with Crippen molar-refractivity contribution in [3.63, 3.8) is 0 Å². The highest BCUT2D eigenvalue weighted by molar-refractivity contribution is 5.76. The molecule has 1 fully saturated rings. The lowest BCUT2D eigenvalue weighted by atomic mass is 9.91. The van der Waals surface area contributed by atoms with Gasteiger partial charge in [0.25, 0.3) is 0 Å². The summed E-state index contributed by atoms with van der Waals surface area (Å²) in [7, 11) is 0. The monoisotopic (exact) mass is 354 g/mol. The van der Waals surface area contributed by atoms with Gasteiger partial charge in [0.05, 0.1) is 0 Å². The molecule has 26 heavy (non-hydrogen) atoms. The lowest BCUT2D eigenvalue weighted by Crippen LogP contribution is -2.39. The number of hydrogen-bond donors (Lipinski definition) is 1. The van der Waals surface area contributed by atoms with E-state index in [2.05, 4.69) is 39.1 Å². The molecule has 3 heterocycles. The van der Waals surface area contributed by atoms with E-state index >= 15 is 0 Å². The van der Waals surface area contributed by atoms with E-state index < -0.39 is 0 Å². The first-order valence-electron chi connectivity index (χ1n) is 9.23. The quantitative estimate of drug-likeness (QED) is 0.859. The fourth-order valence-electron chi connectivity index (χ4n) is 3.22. The molecular formula is C19H26N6O. The number of carbonyl (C=O) groups is 1. The van der Waals surface area contributed by atoms with Crippen LogP contribution in [0.3, 0.4) is 0 Å². The van der Waals surface area contributed by atoms with Gasteiger partial charge < -0.3 is 10.2 Å². The molecule has 7 nitrogen and oxygen atoms in total. The van der Waals surface area contributed by atoms with E-state index in [1.165, 1.54) is 0 Å². The molecule has 3 rings (SSSR count). The molecular weight excluding hydrogens is 328 g/mol. The van der Waals surface area contributed by atoms with E-state index in [9.17, 15) is 4.79 Å². The molecule has 0 spiro atoms. The first-order valence-corrected chi connectivity index (χ1v) is 9.23. The number of rotatable bonds is 6. The van der Waals surface area contributed by atoms with Crippen molar-refractivity contribution in [1.82, 2.24) is 24.8 Å². The molecule has 1 amide bonds. The van der Waals surface area contributed by atoms with Crippen LogP contribution in [0, 0.1) is 11.8 Å². The Bertz CT molecular complexity index is 713. The van der Waals surface area contributed by atoms with Gasteiger partial charge in [-0.2, -0.15) is 0 Å². The van der Waals surface area contributed by atoms with E-state index in [4.69, 9.17) is 0 Å². The third kappa shape index (κ3) is 5.21. The predicted octanol–water partition coefficient (Wildman–Crippen LogP) is 2.84. The zero-order valence-electron chi connectivity index (χ0n) is 15.4. The minimum Gasteiger partial charge on any atom is -0.343 e. The van der Waals surface area contributed by atoms with Crippen molar-refractivity contribution < 1.29 is 4.79 Å². The smallest absolute Gasteiger partial charge is 0.228 e. The van der Waals surface area contributed by atoms with Crippen LogP contribution < -0.4 is 5.32 Å². The number of carbonyl (C=O) groups excluding carboxylic acids is 1. The van der Waals surface area contributed by atoms with Crippen LogP contribution in [0.4, 0.5) is 11.8 Å². The third-order valence-corrected chi connectivity index (χ3v) is 4.58. The van der Waals surface area contributed by atoms with Gasteiger partial charge in [0, 0.05) is 43.7 Å². The van der Waals surface area contributed by atoms with Crippen molar-refractivity contribution in [2.75, 3.05) is 18.4 Å². The molecule has 1 aliphatic heterocycles. The Hall–Kier alpha value is -2.57. The Morgan fingerprint density at radius 3 is 2.62 bits per heavy atom. The van der Waals surface area contributed by atoms with Crippen molar-refractivity contribution in [1.29, 1.82) is 0 Å². The molecule has 1 saturated heterocycles. The zero-order valence-corrected chi connectivity index (χ0v) is 15.4. The van der Waals surface area contributed by atoms with Gasteiger partial charge in [-0.15, -0.1) is 0 Å². The van der Waals surface area contributed by atoms with Crippen LogP contribution in [0.25, 0.3) is 0 Å². The molecule has 7 heteroatoms. The number of anilines is 2. The number of hydrogen-bond acceptors (Lipinski definition) is 6. The number of nitrogens with zero attached hydrogens (tertiary/aromatic N) is 5. The van der Waals surface area contributed by atoms with Gasteiger partial charge in [-0.05, 0) is 37.2 Å². The molecule has 0 radical (unpaired) electrons. The summed E-state index contributed by atoms with van der Waals surface area (Å²) >= 11 is 0. The van der Waals surface area contributed by atoms with Gasteiger partial charge >= 0.3 is 0 Å². The highest BCUT2D eigenvalue weighted by Crippen LogP contribution is 2.23. The molecule has 138 valence electrons. The largest absolute Gasteiger partial charge is 0.343 e. The summed E-state index contributed by atoms with van der Waals surface area (Å²) < 4.78 is 0. The van der Waals surface area contributed by atoms with Crippen LogP contribution in [0.2, 0.25) is 0 Å². The topological polar surface area (TPSA) is 83.9 Å². The Labute approximate surface area is 154 Å². The molecule has 1 N–H and O–H groups in total. The fraction of sp³-hybridized carbons (Fsp3) is 0.526. The Morgan fingerprint density at radius 1 is 1.19 bits per heavy atom. The lowest BCUT2D eigenvalue weighted by molar-refractivity contribution is -0.133. The standard InChI is InChI=1S/C19H26N6O/c1-14(2)10-18(26)25-8-4-15(5-9-25)11-16-12-17(23-13-22-16)24-19-20-6-3-7-21-19/h3,6-7,12-15H,4-5,8-11H2,1-2H3,(H,20,21,22,23,24). The van der Waals surface area contributed by atoms with Crippen LogP contribution in [0.1, 0.15) is 38.8 Å². The van der Waals surface area contributed by atoms with Gasteiger partial charge in [0.1, 0.15) is 12.1 Å². The number of amides is 1. The van der Waals surface area contributed by atoms with E-state index in [1.807, 2.05) is 11.0 Å². The molecule has 0 aromatic carbocycles. The molecule has 0 atom stereocenters. The summed E-state index contributed by atoms with van der Waals surface area (Å²) in [5, 5.41) is 3.10. The van der Waals surface area contributed by atoms with E-state index in [0.29, 0.717) is 30.0 Å². The highest BCUT2D eigenvalue weighted by Gasteiger charge is 2.23. The van der Waals surface area contributed by atoms with Crippen molar-refractivity contribution in [3.8, 4) is 0 Å². The maximum atomic E-state index is 12.2. The van der Waals surface area contributed by atoms with Crippen LogP contribution in [-0.2, 0) is 11.2 Å². The highest BCUT2D eigenvalue weighted by atomic mass is 16.2. The molecule has 0 bridgehead atoms. The predicted molar refractivity (Wildman–Crippen MR) is 99.8 cm³/mol. The Morgan fingerprint density at radius 2 is 1.92 bits per heavy atom. The molecule has 2 aromatic rings. The summed E-state index contributed by atoms with van der Waals surface area (Å²) in [6, 6.07) is 3.72. The SMILES string of the molecule is CC(C)CC(=O)N1CCC(Cc2cc(Nc3ncccn3)ncn2)CC1. The maximum absolute atomic E-state index is 12.2. The van der Waals surface area contributed by atoms with Crippen molar-refractivity contribution in [2.24, 2.45) is 11.8 Å². The summed E-state index contributed by atoms with van der Waals surface area (Å²) in [5.74, 6) is 2.48. The number of likely N-dealkylation sites (tertiary alicyclic amines) is 1. The summed E-state index contributed by atoms with van der Waals surface area (Å²) in [6.45, 7) is 5.88. The molecule has 2 aromatic heterocycles. The summed E-state index contributed by atoms with van der Waals surface area (Å²) in [5.41, 5.74) is 1.00. The number of piperidine rings is 1. The maximum Gasteiger partial charge on any atom is 0.228 e. The normalized spacial score (nSPS) is 15.3. The van der Waals surface area contributed by atoms with Crippen LogP contribution >= 0.6 is 0 Å². The molecule has 0 unspecified atom stereocenters. The number of aromatic nitrogens is 4. The van der Waals surface area contributed by atoms with E-state index in [0.717, 1.165) is 38.0 Å². The second-order valence-electron chi connectivity index (χ2n) is 7.22. The van der Waals surface area contributed by atoms with Gasteiger partial charge in [-0.25, -0.2) is 19.9 Å². The van der Waals surface area contributed by atoms with Crippen molar-refractivity contribution >= 4 is 17.7 Å². The fourth-order valence-corrected chi connectivity index (χ4v) is 3.22. The third-order valence-electron chi connectivity index (χ3n) is 4.58. The van der Waals surface area contributed by atoms with E-state index in [-0.39, 0.29) is 5.91 Å². The van der Waals surface area contributed by atoms with Crippen LogP contribution in [0.5, 0.6) is 0 Å². The average molecular weight is 354 g/mol. The molecule has 0 saturated carbocycles. The first-order chi connectivity index (χ1) is 12.6. The zero-order chi connectivity index (χ0) is 18.4. The summed E-state index contributed by atoms with van der Waals surface area (Å²) in [4.78, 5) is 31.1. The number of nitrogens with one attached hydrogen (secondary N) is 1. The van der Waals surface area contributed by atoms with E-state index in [1.54, 1.807) is 24.8 Å². The molecule has 1 aliphatic rings. The van der Waals surface area contributed by atoms with Crippen LogP contribution in [-0.4, -0.2) is 43.8 Å². The Balaban J connectivity index is 1.52. The first kappa shape index (κ1) is 18.2. The second-order valence-corrected chi connectivity index (χ2v) is 7.22. The van der Waals surface area contributed by atoms with Crippen molar-refractivity contribution in [2.45, 2.75) is 39.5 Å². The molecule has 0 aliphatic carbocycles. The minimum absolute atomic E-state index is 0.287. The van der Waals surface area contributed by atoms with Gasteiger partial charge in [-0.3, -0.25) is 4.79 Å². The van der Waals surface area contributed by atoms with Gasteiger partial charge in [0.15, 0.2) is 0 Å². The minimum atomic E-state index is 0.287. The summed E-state index contributed by atoms with van der Waals surface area (Å²) in [6.07, 6.45) is 8.54. The lowest BCUT2D eigenvalue weighted by Gasteiger charge is -2.32.